The van der Waals surface area contributed by atoms with E-state index in [9.17, 15) is 4.79 Å². The number of nitrogens with two attached hydrogens (primary N) is 2. The van der Waals surface area contributed by atoms with Crippen LogP contribution in [0, 0.1) is 6.92 Å². The number of para-hydroxylation sites is 1. The van der Waals surface area contributed by atoms with Gasteiger partial charge in [-0.15, -0.1) is 0 Å². The van der Waals surface area contributed by atoms with E-state index in [4.69, 9.17) is 11.5 Å². The van der Waals surface area contributed by atoms with Gasteiger partial charge < -0.3 is 22.1 Å². The molecule has 0 spiro atoms. The van der Waals surface area contributed by atoms with Crippen LogP contribution in [-0.4, -0.2) is 38.9 Å². The summed E-state index contributed by atoms with van der Waals surface area (Å²) in [4.78, 5) is 31.2. The third-order valence-corrected chi connectivity index (χ3v) is 6.27. The molecule has 1 amide bonds. The number of aryl methyl sites for hydroxylation is 1. The molecular formula is C26H28N8O. The fourth-order valence-electron chi connectivity index (χ4n) is 4.58. The van der Waals surface area contributed by atoms with Crippen molar-refractivity contribution in [2.75, 3.05) is 10.6 Å². The lowest BCUT2D eigenvalue weighted by molar-refractivity contribution is 0.101. The Balaban J connectivity index is 1.48. The second kappa shape index (κ2) is 9.54. The Kier molecular flexibility index (Phi) is 6.13. The Morgan fingerprint density at radius 3 is 2.71 bits per heavy atom. The van der Waals surface area contributed by atoms with E-state index < -0.39 is 5.91 Å². The van der Waals surface area contributed by atoms with Gasteiger partial charge in [0.1, 0.15) is 5.82 Å². The number of pyridine rings is 1. The van der Waals surface area contributed by atoms with Crippen LogP contribution < -0.4 is 22.1 Å². The summed E-state index contributed by atoms with van der Waals surface area (Å²) in [6.45, 7) is 2.01. The quantitative estimate of drug-likeness (QED) is 0.258. The maximum Gasteiger partial charge on any atom is 0.293 e. The first-order valence-electron chi connectivity index (χ1n) is 11.8. The molecule has 0 radical (unpaired) electrons. The van der Waals surface area contributed by atoms with Crippen molar-refractivity contribution in [3.63, 3.8) is 0 Å². The number of carbonyl (C=O) groups excluding carboxylic acids is 1. The average molecular weight is 469 g/mol. The van der Waals surface area contributed by atoms with Gasteiger partial charge in [-0.05, 0) is 44.0 Å². The van der Waals surface area contributed by atoms with Crippen LogP contribution in [0.1, 0.15) is 41.9 Å². The summed E-state index contributed by atoms with van der Waals surface area (Å²) >= 11 is 0. The van der Waals surface area contributed by atoms with Crippen LogP contribution in [-0.2, 0) is 0 Å². The lowest BCUT2D eigenvalue weighted by atomic mass is 9.90. The topological polar surface area (TPSA) is 144 Å². The number of guanidine groups is 1. The molecule has 2 aromatic carbocycles. The Morgan fingerprint density at radius 2 is 1.86 bits per heavy atom. The minimum absolute atomic E-state index is 0.00469. The molecule has 2 aromatic heterocycles. The van der Waals surface area contributed by atoms with E-state index in [0.29, 0.717) is 17.0 Å². The number of aliphatic imine (C=N–C) groups is 1. The Bertz CT molecular complexity index is 1430. The minimum atomic E-state index is -0.406. The van der Waals surface area contributed by atoms with Gasteiger partial charge in [-0.3, -0.25) is 9.78 Å². The van der Waals surface area contributed by atoms with Gasteiger partial charge in [-0.25, -0.2) is 15.0 Å². The molecule has 4 aromatic rings. The second-order valence-electron chi connectivity index (χ2n) is 8.94. The maximum absolute atomic E-state index is 13.2. The van der Waals surface area contributed by atoms with Crippen LogP contribution in [0.5, 0.6) is 0 Å². The number of aromatic nitrogens is 3. The SMILES string of the molecule is Cc1ccc2nc(C(=O)Nc3cnc4ccccc4c3)nc(N[C@H]3CCCC[C@H]3N=C(N)N)c2c1. The number of rotatable bonds is 5. The van der Waals surface area contributed by atoms with Gasteiger partial charge in [-0.2, -0.15) is 0 Å². The molecule has 0 saturated heterocycles. The van der Waals surface area contributed by atoms with Crippen molar-refractivity contribution in [1.29, 1.82) is 0 Å². The summed E-state index contributed by atoms with van der Waals surface area (Å²) in [7, 11) is 0. The Hall–Kier alpha value is -4.27. The first kappa shape index (κ1) is 22.5. The van der Waals surface area contributed by atoms with E-state index in [1.807, 2.05) is 55.5 Å². The van der Waals surface area contributed by atoms with Crippen molar-refractivity contribution in [2.24, 2.45) is 16.5 Å². The molecule has 178 valence electrons. The predicted octanol–water partition coefficient (Wildman–Crippen LogP) is 3.74. The first-order valence-corrected chi connectivity index (χ1v) is 11.8. The number of nitrogens with zero attached hydrogens (tertiary/aromatic N) is 4. The summed E-state index contributed by atoms with van der Waals surface area (Å²) < 4.78 is 0. The van der Waals surface area contributed by atoms with Gasteiger partial charge in [0.15, 0.2) is 5.96 Å². The monoisotopic (exact) mass is 468 g/mol. The number of hydrogen-bond donors (Lipinski definition) is 4. The van der Waals surface area contributed by atoms with E-state index in [1.54, 1.807) is 6.20 Å². The van der Waals surface area contributed by atoms with E-state index in [2.05, 4.69) is 30.6 Å². The van der Waals surface area contributed by atoms with Crippen molar-refractivity contribution >= 4 is 45.2 Å². The lowest BCUT2D eigenvalue weighted by Gasteiger charge is -2.30. The van der Waals surface area contributed by atoms with Crippen molar-refractivity contribution in [2.45, 2.75) is 44.7 Å². The van der Waals surface area contributed by atoms with Crippen molar-refractivity contribution in [1.82, 2.24) is 15.0 Å². The number of amides is 1. The molecule has 9 heteroatoms. The number of fused-ring (bicyclic) bond motifs is 2. The second-order valence-corrected chi connectivity index (χ2v) is 8.94. The highest BCUT2D eigenvalue weighted by Gasteiger charge is 2.26. The smallest absolute Gasteiger partial charge is 0.293 e. The minimum Gasteiger partial charge on any atom is -0.370 e. The van der Waals surface area contributed by atoms with E-state index in [1.165, 1.54) is 0 Å². The van der Waals surface area contributed by atoms with E-state index >= 15 is 0 Å². The molecule has 1 aliphatic carbocycles. The summed E-state index contributed by atoms with van der Waals surface area (Å²) in [5.41, 5.74) is 14.6. The molecule has 0 unspecified atom stereocenters. The van der Waals surface area contributed by atoms with Crippen LogP contribution in [0.3, 0.4) is 0 Å². The van der Waals surface area contributed by atoms with Crippen LogP contribution in [0.4, 0.5) is 11.5 Å². The largest absolute Gasteiger partial charge is 0.370 e. The van der Waals surface area contributed by atoms with Gasteiger partial charge in [0, 0.05) is 10.8 Å². The van der Waals surface area contributed by atoms with Gasteiger partial charge in [0.25, 0.3) is 5.91 Å². The zero-order valence-electron chi connectivity index (χ0n) is 19.5. The fraction of sp³-hybridized carbons (Fsp3) is 0.269. The molecule has 1 saturated carbocycles. The number of hydrogen-bond acceptors (Lipinski definition) is 6. The van der Waals surface area contributed by atoms with Crippen LogP contribution in [0.25, 0.3) is 21.8 Å². The maximum atomic E-state index is 13.2. The zero-order chi connectivity index (χ0) is 24.4. The molecule has 0 bridgehead atoms. The molecule has 2 atom stereocenters. The first-order chi connectivity index (χ1) is 17.0. The number of anilines is 2. The third kappa shape index (κ3) is 4.98. The van der Waals surface area contributed by atoms with E-state index in [0.717, 1.165) is 47.5 Å². The normalized spacial score (nSPS) is 17.7. The molecule has 5 rings (SSSR count). The summed E-state index contributed by atoms with van der Waals surface area (Å²) in [5, 5.41) is 8.20. The van der Waals surface area contributed by atoms with Crippen molar-refractivity contribution in [3.05, 3.63) is 66.1 Å². The molecule has 0 aliphatic heterocycles. The number of nitrogens with one attached hydrogen (secondary N) is 2. The summed E-state index contributed by atoms with van der Waals surface area (Å²) in [5.74, 6) is 0.350. The van der Waals surface area contributed by atoms with Crippen molar-refractivity contribution < 1.29 is 4.79 Å². The molecule has 1 fully saturated rings. The third-order valence-electron chi connectivity index (χ3n) is 6.27. The van der Waals surface area contributed by atoms with Gasteiger partial charge >= 0.3 is 0 Å². The lowest BCUT2D eigenvalue weighted by Crippen LogP contribution is -2.38. The molecular weight excluding hydrogens is 440 g/mol. The van der Waals surface area contributed by atoms with Crippen LogP contribution in [0.15, 0.2) is 59.7 Å². The zero-order valence-corrected chi connectivity index (χ0v) is 19.5. The number of benzene rings is 2. The molecule has 6 N–H and O–H groups in total. The number of carbonyl (C=O) groups is 1. The van der Waals surface area contributed by atoms with E-state index in [-0.39, 0.29) is 23.9 Å². The molecule has 9 nitrogen and oxygen atoms in total. The average Bonchev–Trinajstić information content (AvgIpc) is 2.85. The van der Waals surface area contributed by atoms with Crippen LogP contribution >= 0.6 is 0 Å². The van der Waals surface area contributed by atoms with Gasteiger partial charge in [0.05, 0.1) is 35.0 Å². The highest BCUT2D eigenvalue weighted by atomic mass is 16.2. The van der Waals surface area contributed by atoms with Crippen molar-refractivity contribution in [3.8, 4) is 0 Å². The highest BCUT2D eigenvalue weighted by molar-refractivity contribution is 6.04. The highest BCUT2D eigenvalue weighted by Crippen LogP contribution is 2.28. The standard InChI is InChI=1S/C26H28N8O/c1-15-10-11-20-18(12-15)23(32-21-8-4-5-9-22(21)33-26(27)28)34-24(31-20)25(35)30-17-13-16-6-2-3-7-19(16)29-14-17/h2-3,6-7,10-14,21-22H,4-5,8-9H2,1H3,(H,30,35)(H4,27,28,33)(H,31,32,34)/t21-,22+/m0/s1. The fourth-order valence-corrected chi connectivity index (χ4v) is 4.58. The molecule has 35 heavy (non-hydrogen) atoms. The van der Waals surface area contributed by atoms with Crippen LogP contribution in [0.2, 0.25) is 0 Å². The summed E-state index contributed by atoms with van der Waals surface area (Å²) in [6.07, 6.45) is 5.56. The summed E-state index contributed by atoms with van der Waals surface area (Å²) in [6, 6.07) is 15.5. The molecule has 1 aliphatic rings. The van der Waals surface area contributed by atoms with Gasteiger partial charge in [-0.1, -0.05) is 42.7 Å². The Morgan fingerprint density at radius 1 is 1.03 bits per heavy atom. The predicted molar refractivity (Wildman–Crippen MR) is 139 cm³/mol. The molecule has 2 heterocycles. The Labute approximate surface area is 203 Å². The van der Waals surface area contributed by atoms with Gasteiger partial charge in [0.2, 0.25) is 5.82 Å².